The standard InChI is InChI=1S/C19H23N3O2/c20-18(19(23)24)13-15-3-1-2-4-17(15)14-5-7-16(8-6-14)22-11-9-21-10-12-22/h1-8,18,21H,9-13,20H2,(H,23,24)/t18-/m0/s1. The van der Waals surface area contributed by atoms with E-state index in [-0.39, 0.29) is 0 Å². The number of hydrogen-bond donors (Lipinski definition) is 3. The Morgan fingerprint density at radius 2 is 1.79 bits per heavy atom. The average Bonchev–Trinajstić information content (AvgIpc) is 2.63. The first-order valence-corrected chi connectivity index (χ1v) is 8.27. The lowest BCUT2D eigenvalue weighted by molar-refractivity contribution is -0.138. The topological polar surface area (TPSA) is 78.6 Å². The Morgan fingerprint density at radius 1 is 1.12 bits per heavy atom. The van der Waals surface area contributed by atoms with Crippen LogP contribution in [-0.4, -0.2) is 43.3 Å². The summed E-state index contributed by atoms with van der Waals surface area (Å²) in [5.74, 6) is -0.973. The summed E-state index contributed by atoms with van der Waals surface area (Å²) in [7, 11) is 0. The maximum absolute atomic E-state index is 11.0. The number of hydrogen-bond acceptors (Lipinski definition) is 4. The number of piperazine rings is 1. The largest absolute Gasteiger partial charge is 0.480 e. The molecular formula is C19H23N3O2. The Morgan fingerprint density at radius 3 is 2.46 bits per heavy atom. The maximum atomic E-state index is 11.0. The molecule has 2 aromatic rings. The van der Waals surface area contributed by atoms with Crippen molar-refractivity contribution < 1.29 is 9.90 Å². The van der Waals surface area contributed by atoms with Crippen molar-refractivity contribution in [1.82, 2.24) is 5.32 Å². The summed E-state index contributed by atoms with van der Waals surface area (Å²) in [5.41, 5.74) is 10.0. The minimum atomic E-state index is -0.973. The van der Waals surface area contributed by atoms with Crippen molar-refractivity contribution in [3.63, 3.8) is 0 Å². The molecule has 24 heavy (non-hydrogen) atoms. The number of nitrogens with zero attached hydrogens (tertiary/aromatic N) is 1. The van der Waals surface area contributed by atoms with E-state index in [4.69, 9.17) is 10.8 Å². The Kier molecular flexibility index (Phi) is 5.13. The van der Waals surface area contributed by atoms with E-state index in [9.17, 15) is 4.79 Å². The molecule has 0 unspecified atom stereocenters. The van der Waals surface area contributed by atoms with Crippen LogP contribution in [0.5, 0.6) is 0 Å². The summed E-state index contributed by atoms with van der Waals surface area (Å²) in [6, 6.07) is 15.4. The van der Waals surface area contributed by atoms with Gasteiger partial charge in [-0.15, -0.1) is 0 Å². The van der Waals surface area contributed by atoms with Gasteiger partial charge in [-0.2, -0.15) is 0 Å². The molecule has 3 rings (SSSR count). The first-order valence-electron chi connectivity index (χ1n) is 8.27. The van der Waals surface area contributed by atoms with Crippen LogP contribution in [0.4, 0.5) is 5.69 Å². The third-order valence-electron chi connectivity index (χ3n) is 4.43. The Balaban J connectivity index is 1.82. The number of carboxylic acids is 1. The first kappa shape index (κ1) is 16.5. The van der Waals surface area contributed by atoms with Gasteiger partial charge in [-0.1, -0.05) is 36.4 Å². The molecule has 0 aromatic heterocycles. The van der Waals surface area contributed by atoms with Gasteiger partial charge in [0.2, 0.25) is 0 Å². The van der Waals surface area contributed by atoms with E-state index in [1.807, 2.05) is 24.3 Å². The van der Waals surface area contributed by atoms with Gasteiger partial charge in [0.1, 0.15) is 6.04 Å². The number of carboxylic acid groups (broad SMARTS) is 1. The van der Waals surface area contributed by atoms with Crippen molar-refractivity contribution >= 4 is 11.7 Å². The van der Waals surface area contributed by atoms with E-state index in [0.717, 1.165) is 42.9 Å². The molecule has 4 N–H and O–H groups in total. The van der Waals surface area contributed by atoms with Crippen LogP contribution >= 0.6 is 0 Å². The van der Waals surface area contributed by atoms with Crippen molar-refractivity contribution in [3.05, 3.63) is 54.1 Å². The third-order valence-corrected chi connectivity index (χ3v) is 4.43. The molecule has 1 atom stereocenters. The molecule has 5 heteroatoms. The highest BCUT2D eigenvalue weighted by Gasteiger charge is 2.15. The van der Waals surface area contributed by atoms with Crippen molar-refractivity contribution in [1.29, 1.82) is 0 Å². The molecule has 5 nitrogen and oxygen atoms in total. The molecule has 0 saturated carbocycles. The number of nitrogens with two attached hydrogens (primary N) is 1. The zero-order valence-electron chi connectivity index (χ0n) is 13.6. The van der Waals surface area contributed by atoms with Crippen LogP contribution in [0, 0.1) is 0 Å². The van der Waals surface area contributed by atoms with E-state index >= 15 is 0 Å². The van der Waals surface area contributed by atoms with Crippen LogP contribution in [0.15, 0.2) is 48.5 Å². The van der Waals surface area contributed by atoms with Crippen LogP contribution in [0.1, 0.15) is 5.56 Å². The number of aliphatic carboxylic acids is 1. The highest BCUT2D eigenvalue weighted by molar-refractivity contribution is 5.75. The van der Waals surface area contributed by atoms with Gasteiger partial charge in [0, 0.05) is 31.9 Å². The second kappa shape index (κ2) is 7.47. The van der Waals surface area contributed by atoms with Crippen LogP contribution in [-0.2, 0) is 11.2 Å². The van der Waals surface area contributed by atoms with E-state index in [0.29, 0.717) is 6.42 Å². The zero-order chi connectivity index (χ0) is 16.9. The molecule has 0 amide bonds. The van der Waals surface area contributed by atoms with Gasteiger partial charge in [0.15, 0.2) is 0 Å². The zero-order valence-corrected chi connectivity index (χ0v) is 13.6. The lowest BCUT2D eigenvalue weighted by atomic mass is 9.95. The summed E-state index contributed by atoms with van der Waals surface area (Å²) in [4.78, 5) is 13.4. The summed E-state index contributed by atoms with van der Waals surface area (Å²) in [6.45, 7) is 4.06. The predicted molar refractivity (Wildman–Crippen MR) is 96.3 cm³/mol. The van der Waals surface area contributed by atoms with E-state index in [1.165, 1.54) is 5.69 Å². The number of benzene rings is 2. The van der Waals surface area contributed by atoms with Crippen LogP contribution in [0.25, 0.3) is 11.1 Å². The fourth-order valence-corrected chi connectivity index (χ4v) is 3.08. The van der Waals surface area contributed by atoms with Crippen molar-refractivity contribution in [3.8, 4) is 11.1 Å². The number of rotatable bonds is 5. The molecule has 1 fully saturated rings. The van der Waals surface area contributed by atoms with Gasteiger partial charge in [0.25, 0.3) is 0 Å². The maximum Gasteiger partial charge on any atom is 0.320 e. The van der Waals surface area contributed by atoms with Crippen molar-refractivity contribution in [2.24, 2.45) is 5.73 Å². The quantitative estimate of drug-likeness (QED) is 0.780. The lowest BCUT2D eigenvalue weighted by Crippen LogP contribution is -2.43. The van der Waals surface area contributed by atoms with Crippen LogP contribution < -0.4 is 16.0 Å². The van der Waals surface area contributed by atoms with E-state index in [1.54, 1.807) is 0 Å². The first-order chi connectivity index (χ1) is 11.6. The van der Waals surface area contributed by atoms with Gasteiger partial charge in [-0.25, -0.2) is 0 Å². The molecule has 1 aliphatic rings. The van der Waals surface area contributed by atoms with E-state index in [2.05, 4.69) is 34.5 Å². The highest BCUT2D eigenvalue weighted by Crippen LogP contribution is 2.27. The molecule has 126 valence electrons. The average molecular weight is 325 g/mol. The van der Waals surface area contributed by atoms with Gasteiger partial charge in [-0.3, -0.25) is 4.79 Å². The number of nitrogens with one attached hydrogen (secondary N) is 1. The van der Waals surface area contributed by atoms with Crippen LogP contribution in [0.3, 0.4) is 0 Å². The smallest absolute Gasteiger partial charge is 0.320 e. The SMILES string of the molecule is N[C@@H](Cc1ccccc1-c1ccc(N2CCNCC2)cc1)C(=O)O. The van der Waals surface area contributed by atoms with Crippen molar-refractivity contribution in [2.45, 2.75) is 12.5 Å². The molecule has 0 aliphatic carbocycles. The molecule has 1 saturated heterocycles. The van der Waals surface area contributed by atoms with Crippen LogP contribution in [0.2, 0.25) is 0 Å². The van der Waals surface area contributed by atoms with Gasteiger partial charge in [-0.05, 0) is 35.2 Å². The Bertz CT molecular complexity index is 694. The summed E-state index contributed by atoms with van der Waals surface area (Å²) < 4.78 is 0. The Labute approximate surface area is 142 Å². The molecule has 0 spiro atoms. The minimum Gasteiger partial charge on any atom is -0.480 e. The van der Waals surface area contributed by atoms with Gasteiger partial charge >= 0.3 is 5.97 Å². The number of anilines is 1. The normalized spacial score (nSPS) is 16.0. The third kappa shape index (κ3) is 3.75. The Hall–Kier alpha value is -2.37. The monoisotopic (exact) mass is 325 g/mol. The molecule has 2 aromatic carbocycles. The summed E-state index contributed by atoms with van der Waals surface area (Å²) >= 11 is 0. The number of carbonyl (C=O) groups is 1. The molecule has 1 heterocycles. The second-order valence-electron chi connectivity index (χ2n) is 6.09. The highest BCUT2D eigenvalue weighted by atomic mass is 16.4. The lowest BCUT2D eigenvalue weighted by Gasteiger charge is -2.29. The second-order valence-corrected chi connectivity index (χ2v) is 6.09. The fourth-order valence-electron chi connectivity index (χ4n) is 3.08. The summed E-state index contributed by atoms with van der Waals surface area (Å²) in [6.07, 6.45) is 0.324. The van der Waals surface area contributed by atoms with Gasteiger partial charge in [0.05, 0.1) is 0 Å². The molecule has 1 aliphatic heterocycles. The van der Waals surface area contributed by atoms with Gasteiger partial charge < -0.3 is 21.1 Å². The predicted octanol–water partition coefficient (Wildman–Crippen LogP) is 1.72. The van der Waals surface area contributed by atoms with E-state index < -0.39 is 12.0 Å². The van der Waals surface area contributed by atoms with Crippen molar-refractivity contribution in [2.75, 3.05) is 31.1 Å². The molecule has 0 bridgehead atoms. The minimum absolute atomic E-state index is 0.324. The molecule has 0 radical (unpaired) electrons. The molecular weight excluding hydrogens is 302 g/mol. The summed E-state index contributed by atoms with van der Waals surface area (Å²) in [5, 5.41) is 12.4. The fraction of sp³-hybridized carbons (Fsp3) is 0.316.